The van der Waals surface area contributed by atoms with Crippen LogP contribution in [-0.2, 0) is 4.79 Å². The second-order valence-electron chi connectivity index (χ2n) is 16.5. The molecule has 4 nitrogen and oxygen atoms in total. The highest BCUT2D eigenvalue weighted by Crippen LogP contribution is 2.15. The van der Waals surface area contributed by atoms with Gasteiger partial charge in [0.25, 0.3) is 0 Å². The van der Waals surface area contributed by atoms with E-state index < -0.39 is 12.1 Å². The molecule has 0 saturated heterocycles. The fraction of sp³-hybridized carbons (Fsp3) is 0.755. The maximum Gasteiger partial charge on any atom is 0.220 e. The number of aliphatic hydroxyl groups is 2. The summed E-state index contributed by atoms with van der Waals surface area (Å²) in [5.74, 6) is -0.0758. The highest BCUT2D eigenvalue weighted by molar-refractivity contribution is 5.76. The van der Waals surface area contributed by atoms with Crippen LogP contribution in [0.1, 0.15) is 239 Å². The van der Waals surface area contributed by atoms with Gasteiger partial charge < -0.3 is 15.5 Å². The Labute approximate surface area is 355 Å². The number of allylic oxidation sites excluding steroid dienone is 11. The van der Waals surface area contributed by atoms with E-state index >= 15 is 0 Å². The van der Waals surface area contributed by atoms with Crippen molar-refractivity contribution in [1.82, 2.24) is 5.32 Å². The summed E-state index contributed by atoms with van der Waals surface area (Å²) in [6, 6.07) is -0.642. The van der Waals surface area contributed by atoms with Crippen LogP contribution in [0.5, 0.6) is 0 Å². The molecule has 0 spiro atoms. The Morgan fingerprint density at radius 2 is 0.789 bits per heavy atom. The first-order valence-electron chi connectivity index (χ1n) is 24.7. The van der Waals surface area contributed by atoms with E-state index in [0.29, 0.717) is 6.42 Å². The van der Waals surface area contributed by atoms with Gasteiger partial charge in [-0.3, -0.25) is 4.79 Å². The molecule has 0 heterocycles. The van der Waals surface area contributed by atoms with Crippen molar-refractivity contribution >= 4 is 5.91 Å². The SMILES string of the molecule is CC/C=C\C/C=C\C/C=C\C/C=C\CCCCCCCCCCCCCCCCC(=O)NC(CO)C(O)/C=C/CC/C=C/CCCCCCCCCCCCCC. The van der Waals surface area contributed by atoms with Gasteiger partial charge in [-0.1, -0.05) is 234 Å². The van der Waals surface area contributed by atoms with Gasteiger partial charge in [0.05, 0.1) is 18.8 Å². The first-order chi connectivity index (χ1) is 28.2. The van der Waals surface area contributed by atoms with Crippen molar-refractivity contribution in [3.63, 3.8) is 0 Å². The lowest BCUT2D eigenvalue weighted by Crippen LogP contribution is -2.45. The van der Waals surface area contributed by atoms with Gasteiger partial charge in [-0.15, -0.1) is 0 Å². The van der Waals surface area contributed by atoms with Crippen LogP contribution in [0.4, 0.5) is 0 Å². The van der Waals surface area contributed by atoms with Gasteiger partial charge in [-0.05, 0) is 70.6 Å². The lowest BCUT2D eigenvalue weighted by atomic mass is 10.0. The predicted octanol–water partition coefficient (Wildman–Crippen LogP) is 15.9. The van der Waals surface area contributed by atoms with Gasteiger partial charge in [0, 0.05) is 6.42 Å². The molecule has 0 fully saturated rings. The smallest absolute Gasteiger partial charge is 0.220 e. The number of carbonyl (C=O) groups excluding carboxylic acids is 1. The van der Waals surface area contributed by atoms with E-state index in [2.05, 4.69) is 79.9 Å². The number of nitrogens with one attached hydrogen (secondary N) is 1. The molecule has 2 unspecified atom stereocenters. The van der Waals surface area contributed by atoms with Gasteiger partial charge in [-0.2, -0.15) is 0 Å². The lowest BCUT2D eigenvalue weighted by Gasteiger charge is -2.19. The summed E-state index contributed by atoms with van der Waals surface area (Å²) in [7, 11) is 0. The van der Waals surface area contributed by atoms with E-state index in [4.69, 9.17) is 0 Å². The molecule has 1 amide bonds. The number of aliphatic hydroxyl groups excluding tert-OH is 2. The molecule has 0 aliphatic heterocycles. The van der Waals surface area contributed by atoms with Crippen molar-refractivity contribution < 1.29 is 15.0 Å². The van der Waals surface area contributed by atoms with E-state index in [1.54, 1.807) is 6.08 Å². The van der Waals surface area contributed by atoms with Gasteiger partial charge in [0.1, 0.15) is 0 Å². The molecule has 0 aliphatic carbocycles. The van der Waals surface area contributed by atoms with Crippen molar-refractivity contribution in [3.8, 4) is 0 Å². The zero-order valence-electron chi connectivity index (χ0n) is 37.8. The Kier molecular flexibility index (Phi) is 46.4. The van der Waals surface area contributed by atoms with Crippen LogP contribution in [0.15, 0.2) is 72.9 Å². The number of carbonyl (C=O) groups is 1. The van der Waals surface area contributed by atoms with Crippen molar-refractivity contribution in [2.24, 2.45) is 0 Å². The van der Waals surface area contributed by atoms with Crippen LogP contribution in [0, 0.1) is 0 Å². The average molecular weight is 794 g/mol. The fourth-order valence-electron chi connectivity index (χ4n) is 7.19. The summed E-state index contributed by atoms with van der Waals surface area (Å²) >= 11 is 0. The number of rotatable bonds is 44. The zero-order valence-corrected chi connectivity index (χ0v) is 37.8. The van der Waals surface area contributed by atoms with Crippen molar-refractivity contribution in [3.05, 3.63) is 72.9 Å². The Morgan fingerprint density at radius 3 is 1.23 bits per heavy atom. The summed E-state index contributed by atoms with van der Waals surface area (Å²) < 4.78 is 0. The van der Waals surface area contributed by atoms with Gasteiger partial charge in [-0.25, -0.2) is 0 Å². The Morgan fingerprint density at radius 1 is 0.439 bits per heavy atom. The minimum Gasteiger partial charge on any atom is -0.394 e. The van der Waals surface area contributed by atoms with Crippen LogP contribution < -0.4 is 5.32 Å². The molecule has 0 saturated carbocycles. The quantitative estimate of drug-likeness (QED) is 0.0425. The van der Waals surface area contributed by atoms with E-state index in [0.717, 1.165) is 57.8 Å². The highest BCUT2D eigenvalue weighted by Gasteiger charge is 2.17. The second kappa shape index (κ2) is 48.2. The molecular weight excluding hydrogens is 699 g/mol. The maximum absolute atomic E-state index is 12.4. The normalized spacial score (nSPS) is 13.5. The first-order valence-corrected chi connectivity index (χ1v) is 24.7. The van der Waals surface area contributed by atoms with Crippen LogP contribution in [-0.4, -0.2) is 34.9 Å². The predicted molar refractivity (Wildman–Crippen MR) is 253 cm³/mol. The highest BCUT2D eigenvalue weighted by atomic mass is 16.3. The van der Waals surface area contributed by atoms with Crippen LogP contribution in [0.3, 0.4) is 0 Å². The topological polar surface area (TPSA) is 69.6 Å². The summed E-state index contributed by atoms with van der Waals surface area (Å²) in [5.41, 5.74) is 0. The molecule has 2 atom stereocenters. The molecule has 0 bridgehead atoms. The Balaban J connectivity index is 3.57. The number of hydrogen-bond donors (Lipinski definition) is 3. The maximum atomic E-state index is 12.4. The lowest BCUT2D eigenvalue weighted by molar-refractivity contribution is -0.123. The second-order valence-corrected chi connectivity index (χ2v) is 16.5. The summed E-state index contributed by atoms with van der Waals surface area (Å²) in [4.78, 5) is 12.4. The average Bonchev–Trinajstić information content (AvgIpc) is 3.22. The van der Waals surface area contributed by atoms with Crippen LogP contribution >= 0.6 is 0 Å². The largest absolute Gasteiger partial charge is 0.394 e. The summed E-state index contributed by atoms with van der Waals surface area (Å²) in [6.07, 6.45) is 68.9. The zero-order chi connectivity index (χ0) is 41.4. The third-order valence-electron chi connectivity index (χ3n) is 10.9. The van der Waals surface area contributed by atoms with E-state index in [-0.39, 0.29) is 12.5 Å². The first kappa shape index (κ1) is 54.8. The van der Waals surface area contributed by atoms with Crippen molar-refractivity contribution in [2.75, 3.05) is 6.61 Å². The third-order valence-corrected chi connectivity index (χ3v) is 10.9. The van der Waals surface area contributed by atoms with E-state index in [1.807, 2.05) is 6.08 Å². The minimum absolute atomic E-state index is 0.0758. The van der Waals surface area contributed by atoms with Gasteiger partial charge in [0.15, 0.2) is 0 Å². The Hall–Kier alpha value is -2.17. The molecule has 0 aliphatic rings. The molecular formula is C53H95NO3. The molecule has 0 aromatic carbocycles. The molecule has 0 aromatic rings. The third kappa shape index (κ3) is 44.8. The molecule has 0 rings (SSSR count). The summed E-state index contributed by atoms with van der Waals surface area (Å²) in [5, 5.41) is 23.1. The molecule has 57 heavy (non-hydrogen) atoms. The molecule has 3 N–H and O–H groups in total. The monoisotopic (exact) mass is 794 g/mol. The van der Waals surface area contributed by atoms with Gasteiger partial charge >= 0.3 is 0 Å². The Bertz CT molecular complexity index is 992. The fourth-order valence-corrected chi connectivity index (χ4v) is 7.19. The number of amides is 1. The molecule has 330 valence electrons. The number of hydrogen-bond acceptors (Lipinski definition) is 3. The summed E-state index contributed by atoms with van der Waals surface area (Å²) in [6.45, 7) is 4.19. The standard InChI is InChI=1S/C53H95NO3/c1-3-5-7-9-11-13-15-17-19-21-23-24-25-26-27-28-29-30-31-33-35-37-39-41-43-45-47-49-53(57)54-51(50-55)52(56)48-46-44-42-40-38-36-34-32-22-20-18-16-14-12-10-8-6-4-2/h5,7,11,13,17,19,23-24,38,40,46,48,51-52,55-56H,3-4,6,8-10,12,14-16,18,20-22,25-37,39,41-45,47,49-50H2,1-2H3,(H,54,57)/b7-5-,13-11-,19-17-,24-23-,40-38+,48-46+. The molecule has 0 radical (unpaired) electrons. The van der Waals surface area contributed by atoms with Crippen molar-refractivity contribution in [1.29, 1.82) is 0 Å². The minimum atomic E-state index is -0.865. The van der Waals surface area contributed by atoms with E-state index in [9.17, 15) is 15.0 Å². The van der Waals surface area contributed by atoms with Crippen molar-refractivity contribution in [2.45, 2.75) is 251 Å². The van der Waals surface area contributed by atoms with Crippen LogP contribution in [0.25, 0.3) is 0 Å². The molecule has 0 aromatic heterocycles. The van der Waals surface area contributed by atoms with Gasteiger partial charge in [0.2, 0.25) is 5.91 Å². The number of unbranched alkanes of at least 4 members (excludes halogenated alkanes) is 27. The van der Waals surface area contributed by atoms with Crippen LogP contribution in [0.2, 0.25) is 0 Å². The van der Waals surface area contributed by atoms with E-state index in [1.165, 1.54) is 161 Å². The molecule has 4 heteroatoms.